The van der Waals surface area contributed by atoms with Crippen LogP contribution >= 0.6 is 11.3 Å². The Morgan fingerprint density at radius 3 is 2.29 bits per heavy atom. The minimum absolute atomic E-state index is 0.0448. The zero-order valence-corrected chi connectivity index (χ0v) is 14.1. The Bertz CT molecular complexity index is 559. The van der Waals surface area contributed by atoms with Crippen LogP contribution in [0.1, 0.15) is 55.2 Å². The minimum atomic E-state index is -0.0838. The Morgan fingerprint density at radius 1 is 1.14 bits per heavy atom. The molecule has 3 heteroatoms. The second-order valence-corrected chi connectivity index (χ2v) is 6.69. The number of thiophene rings is 1. The molecule has 0 spiro atoms. The number of benzene rings is 1. The molecule has 0 saturated carbocycles. The highest BCUT2D eigenvalue weighted by atomic mass is 32.1. The molecule has 0 aliphatic carbocycles. The summed E-state index contributed by atoms with van der Waals surface area (Å²) in [5.74, 6) is 1.47. The van der Waals surface area contributed by atoms with E-state index in [4.69, 9.17) is 10.5 Å². The molecule has 2 rings (SSSR count). The van der Waals surface area contributed by atoms with Gasteiger partial charge in [-0.3, -0.25) is 0 Å². The van der Waals surface area contributed by atoms with Crippen LogP contribution < -0.4 is 10.5 Å². The topological polar surface area (TPSA) is 35.2 Å². The Kier molecular flexibility index (Phi) is 5.43. The average molecular weight is 303 g/mol. The number of hydrogen-bond donors (Lipinski definition) is 1. The molecule has 0 amide bonds. The van der Waals surface area contributed by atoms with Crippen molar-refractivity contribution >= 4 is 11.3 Å². The lowest BCUT2D eigenvalue weighted by Gasteiger charge is -2.22. The highest BCUT2D eigenvalue weighted by Crippen LogP contribution is 2.31. The molecule has 2 aromatic rings. The Balaban J connectivity index is 2.16. The highest BCUT2D eigenvalue weighted by molar-refractivity contribution is 7.10. The molecule has 3 atom stereocenters. The molecule has 1 aromatic heterocycles. The van der Waals surface area contributed by atoms with E-state index in [0.717, 1.165) is 12.2 Å². The van der Waals surface area contributed by atoms with Gasteiger partial charge < -0.3 is 10.5 Å². The highest BCUT2D eigenvalue weighted by Gasteiger charge is 2.21. The van der Waals surface area contributed by atoms with E-state index in [2.05, 4.69) is 56.5 Å². The summed E-state index contributed by atoms with van der Waals surface area (Å²) in [6.45, 7) is 8.56. The van der Waals surface area contributed by atoms with Crippen LogP contribution in [-0.2, 0) is 0 Å². The van der Waals surface area contributed by atoms with Gasteiger partial charge in [0.15, 0.2) is 0 Å². The van der Waals surface area contributed by atoms with E-state index >= 15 is 0 Å². The summed E-state index contributed by atoms with van der Waals surface area (Å²) in [5, 5.41) is 2.09. The second-order valence-electron chi connectivity index (χ2n) is 5.74. The predicted octanol–water partition coefficient (Wildman–Crippen LogP) is 5.04. The van der Waals surface area contributed by atoms with Gasteiger partial charge in [0.25, 0.3) is 0 Å². The second kappa shape index (κ2) is 7.10. The van der Waals surface area contributed by atoms with Crippen LogP contribution in [0, 0.1) is 6.92 Å². The largest absolute Gasteiger partial charge is 0.483 e. The first-order valence-electron chi connectivity index (χ1n) is 7.59. The quantitative estimate of drug-likeness (QED) is 0.811. The van der Waals surface area contributed by atoms with Crippen molar-refractivity contribution in [2.75, 3.05) is 0 Å². The summed E-state index contributed by atoms with van der Waals surface area (Å²) in [6.07, 6.45) is 1.07. The van der Waals surface area contributed by atoms with Crippen molar-refractivity contribution in [3.8, 4) is 5.75 Å². The maximum absolute atomic E-state index is 6.15. The minimum Gasteiger partial charge on any atom is -0.483 e. The summed E-state index contributed by atoms with van der Waals surface area (Å²) < 4.78 is 6.15. The molecular weight excluding hydrogens is 278 g/mol. The normalized spacial score (nSPS) is 15.5. The molecule has 0 radical (unpaired) electrons. The fourth-order valence-electron chi connectivity index (χ4n) is 2.33. The lowest BCUT2D eigenvalue weighted by molar-refractivity contribution is 0.183. The van der Waals surface area contributed by atoms with E-state index < -0.39 is 0 Å². The van der Waals surface area contributed by atoms with Gasteiger partial charge in [-0.2, -0.15) is 0 Å². The fraction of sp³-hybridized carbons (Fsp3) is 0.444. The number of rotatable bonds is 6. The Labute approximate surface area is 132 Å². The zero-order chi connectivity index (χ0) is 15.4. The number of aryl methyl sites for hydroxylation is 1. The molecule has 2 N–H and O–H groups in total. The van der Waals surface area contributed by atoms with Crippen molar-refractivity contribution in [2.45, 2.75) is 52.2 Å². The van der Waals surface area contributed by atoms with E-state index in [9.17, 15) is 0 Å². The van der Waals surface area contributed by atoms with Crippen LogP contribution in [0.2, 0.25) is 0 Å². The average Bonchev–Trinajstić information content (AvgIpc) is 2.90. The number of ether oxygens (including phenoxy) is 1. The van der Waals surface area contributed by atoms with E-state index in [1.54, 1.807) is 11.3 Å². The van der Waals surface area contributed by atoms with E-state index in [1.165, 1.54) is 16.0 Å². The molecule has 0 saturated heterocycles. The first-order chi connectivity index (χ1) is 10.0. The first-order valence-corrected chi connectivity index (χ1v) is 8.47. The van der Waals surface area contributed by atoms with E-state index in [0.29, 0.717) is 5.92 Å². The summed E-state index contributed by atoms with van der Waals surface area (Å²) in [4.78, 5) is 1.22. The van der Waals surface area contributed by atoms with Gasteiger partial charge in [-0.1, -0.05) is 26.0 Å². The van der Waals surface area contributed by atoms with Crippen LogP contribution in [0.25, 0.3) is 0 Å². The van der Waals surface area contributed by atoms with Gasteiger partial charge in [-0.15, -0.1) is 11.3 Å². The van der Waals surface area contributed by atoms with Crippen molar-refractivity contribution in [3.63, 3.8) is 0 Å². The summed E-state index contributed by atoms with van der Waals surface area (Å²) in [6, 6.07) is 10.5. The Morgan fingerprint density at radius 2 is 1.81 bits per heavy atom. The third-order valence-corrected chi connectivity index (χ3v) is 5.04. The zero-order valence-electron chi connectivity index (χ0n) is 13.3. The van der Waals surface area contributed by atoms with Crippen LogP contribution in [0.3, 0.4) is 0 Å². The van der Waals surface area contributed by atoms with Crippen molar-refractivity contribution in [1.82, 2.24) is 0 Å². The van der Waals surface area contributed by atoms with Crippen molar-refractivity contribution < 1.29 is 4.74 Å². The fourth-order valence-corrected chi connectivity index (χ4v) is 3.40. The third-order valence-electron chi connectivity index (χ3n) is 3.96. The standard InChI is InChI=1S/C18H25NOS/c1-5-12(2)15-6-8-16(9-7-15)20-17(14(4)19)18-13(3)10-11-21-18/h6-12,14,17H,5,19H2,1-4H3. The first kappa shape index (κ1) is 16.1. The third kappa shape index (κ3) is 3.86. The molecule has 0 bridgehead atoms. The Hall–Kier alpha value is -1.32. The van der Waals surface area contributed by atoms with Crippen LogP contribution in [0.15, 0.2) is 35.7 Å². The van der Waals surface area contributed by atoms with Crippen molar-refractivity contribution in [3.05, 3.63) is 51.7 Å². The van der Waals surface area contributed by atoms with Crippen LogP contribution in [0.5, 0.6) is 5.75 Å². The van der Waals surface area contributed by atoms with Crippen LogP contribution in [0.4, 0.5) is 0 Å². The van der Waals surface area contributed by atoms with E-state index in [-0.39, 0.29) is 12.1 Å². The SMILES string of the molecule is CCC(C)c1ccc(OC(c2sccc2C)C(C)N)cc1. The van der Waals surface area contributed by atoms with E-state index in [1.807, 2.05) is 6.92 Å². The maximum atomic E-state index is 6.15. The monoisotopic (exact) mass is 303 g/mol. The number of hydrogen-bond acceptors (Lipinski definition) is 3. The molecule has 0 aliphatic rings. The molecule has 2 nitrogen and oxygen atoms in total. The maximum Gasteiger partial charge on any atom is 0.148 e. The van der Waals surface area contributed by atoms with Crippen LogP contribution in [-0.4, -0.2) is 6.04 Å². The van der Waals surface area contributed by atoms with Gasteiger partial charge in [0.2, 0.25) is 0 Å². The molecule has 1 aromatic carbocycles. The van der Waals surface area contributed by atoms with Crippen molar-refractivity contribution in [2.24, 2.45) is 5.73 Å². The van der Waals surface area contributed by atoms with Gasteiger partial charge in [-0.25, -0.2) is 0 Å². The van der Waals surface area contributed by atoms with Gasteiger partial charge in [0, 0.05) is 10.9 Å². The van der Waals surface area contributed by atoms with Gasteiger partial charge >= 0.3 is 0 Å². The number of nitrogens with two attached hydrogens (primary N) is 1. The van der Waals surface area contributed by atoms with Gasteiger partial charge in [0.1, 0.15) is 11.9 Å². The summed E-state index contributed by atoms with van der Waals surface area (Å²) in [5.41, 5.74) is 8.73. The van der Waals surface area contributed by atoms with Gasteiger partial charge in [0.05, 0.1) is 0 Å². The predicted molar refractivity (Wildman–Crippen MR) is 91.2 cm³/mol. The summed E-state index contributed by atoms with van der Waals surface area (Å²) in [7, 11) is 0. The van der Waals surface area contributed by atoms with Gasteiger partial charge in [-0.05, 0) is 60.9 Å². The molecule has 1 heterocycles. The molecule has 0 fully saturated rings. The molecule has 114 valence electrons. The lowest BCUT2D eigenvalue weighted by atomic mass is 9.99. The molecule has 21 heavy (non-hydrogen) atoms. The molecule has 3 unspecified atom stereocenters. The lowest BCUT2D eigenvalue weighted by Crippen LogP contribution is -2.28. The smallest absolute Gasteiger partial charge is 0.148 e. The van der Waals surface area contributed by atoms with Crippen molar-refractivity contribution in [1.29, 1.82) is 0 Å². The molecular formula is C18H25NOS. The summed E-state index contributed by atoms with van der Waals surface area (Å²) >= 11 is 1.71. The molecule has 0 aliphatic heterocycles.